The SMILES string of the molecule is O=C1CCCN1CCCc1cc(=O)n2[nH]c(-c3cccnc3)cc2n1. The van der Waals surface area contributed by atoms with Crippen molar-refractivity contribution in [3.05, 3.63) is 52.7 Å². The van der Waals surface area contributed by atoms with E-state index in [1.807, 2.05) is 23.1 Å². The van der Waals surface area contributed by atoms with Crippen molar-refractivity contribution in [2.24, 2.45) is 0 Å². The van der Waals surface area contributed by atoms with Gasteiger partial charge in [-0.25, -0.2) is 9.50 Å². The third-order valence-corrected chi connectivity index (χ3v) is 4.51. The third kappa shape index (κ3) is 3.17. The monoisotopic (exact) mass is 337 g/mol. The maximum absolute atomic E-state index is 12.3. The van der Waals surface area contributed by atoms with Gasteiger partial charge in [0.2, 0.25) is 5.91 Å². The van der Waals surface area contributed by atoms with Gasteiger partial charge in [-0.3, -0.25) is 19.7 Å². The Kier molecular flexibility index (Phi) is 4.05. The number of fused-ring (bicyclic) bond motifs is 1. The molecule has 128 valence electrons. The van der Waals surface area contributed by atoms with Gasteiger partial charge in [0.25, 0.3) is 5.56 Å². The number of aromatic nitrogens is 4. The highest BCUT2D eigenvalue weighted by molar-refractivity contribution is 5.78. The molecule has 1 saturated heterocycles. The van der Waals surface area contributed by atoms with Crippen LogP contribution >= 0.6 is 0 Å². The number of likely N-dealkylation sites (tertiary alicyclic amines) is 1. The zero-order valence-corrected chi connectivity index (χ0v) is 13.8. The van der Waals surface area contributed by atoms with Gasteiger partial charge in [0.15, 0.2) is 5.65 Å². The van der Waals surface area contributed by atoms with Gasteiger partial charge in [-0.05, 0) is 31.4 Å². The number of nitrogens with zero attached hydrogens (tertiary/aromatic N) is 4. The molecule has 25 heavy (non-hydrogen) atoms. The van der Waals surface area contributed by atoms with Gasteiger partial charge >= 0.3 is 0 Å². The number of pyridine rings is 1. The number of rotatable bonds is 5. The summed E-state index contributed by atoms with van der Waals surface area (Å²) in [6.07, 6.45) is 6.55. The fourth-order valence-electron chi connectivity index (χ4n) is 3.23. The molecule has 0 unspecified atom stereocenters. The van der Waals surface area contributed by atoms with E-state index < -0.39 is 0 Å². The van der Waals surface area contributed by atoms with Gasteiger partial charge in [0.1, 0.15) is 0 Å². The number of H-pyrrole nitrogens is 1. The van der Waals surface area contributed by atoms with Crippen molar-refractivity contribution >= 4 is 11.6 Å². The standard InChI is InChI=1S/C18H19N5O2/c24-17-6-3-9-22(17)8-2-5-14-10-18(25)23-16(20-14)11-15(21-23)13-4-1-7-19-12-13/h1,4,7,10-12,21H,2-3,5-6,8-9H2. The van der Waals surface area contributed by atoms with Crippen molar-refractivity contribution in [2.45, 2.75) is 25.7 Å². The summed E-state index contributed by atoms with van der Waals surface area (Å²) in [7, 11) is 0. The highest BCUT2D eigenvalue weighted by atomic mass is 16.2. The molecule has 3 aromatic rings. The van der Waals surface area contributed by atoms with Crippen LogP contribution in [0, 0.1) is 0 Å². The first-order valence-electron chi connectivity index (χ1n) is 8.50. The second-order valence-electron chi connectivity index (χ2n) is 6.28. The summed E-state index contributed by atoms with van der Waals surface area (Å²) in [6.45, 7) is 1.58. The summed E-state index contributed by atoms with van der Waals surface area (Å²) < 4.78 is 1.44. The van der Waals surface area contributed by atoms with Crippen LogP contribution < -0.4 is 5.56 Å². The number of hydrogen-bond donors (Lipinski definition) is 1. The van der Waals surface area contributed by atoms with Gasteiger partial charge in [0.05, 0.1) is 5.69 Å². The molecule has 0 radical (unpaired) electrons. The van der Waals surface area contributed by atoms with Crippen molar-refractivity contribution in [1.82, 2.24) is 24.5 Å². The van der Waals surface area contributed by atoms with Gasteiger partial charge in [0, 0.05) is 55.3 Å². The van der Waals surface area contributed by atoms with Crippen molar-refractivity contribution in [3.63, 3.8) is 0 Å². The maximum Gasteiger partial charge on any atom is 0.272 e. The minimum atomic E-state index is -0.132. The number of aryl methyl sites for hydroxylation is 1. The predicted molar refractivity (Wildman–Crippen MR) is 93.2 cm³/mol. The van der Waals surface area contributed by atoms with Crippen molar-refractivity contribution < 1.29 is 4.79 Å². The summed E-state index contributed by atoms with van der Waals surface area (Å²) in [5, 5.41) is 3.06. The van der Waals surface area contributed by atoms with E-state index in [2.05, 4.69) is 15.1 Å². The Morgan fingerprint density at radius 1 is 1.24 bits per heavy atom. The molecular formula is C18H19N5O2. The molecule has 3 aromatic heterocycles. The zero-order chi connectivity index (χ0) is 17.2. The molecule has 1 aliphatic heterocycles. The number of nitrogens with one attached hydrogen (secondary N) is 1. The first-order valence-corrected chi connectivity index (χ1v) is 8.50. The quantitative estimate of drug-likeness (QED) is 0.767. The van der Waals surface area contributed by atoms with Crippen molar-refractivity contribution in [1.29, 1.82) is 0 Å². The molecule has 1 fully saturated rings. The number of carbonyl (C=O) groups excluding carboxylic acids is 1. The van der Waals surface area contributed by atoms with Crippen LogP contribution in [0.15, 0.2) is 41.5 Å². The van der Waals surface area contributed by atoms with E-state index in [1.165, 1.54) is 4.52 Å². The largest absolute Gasteiger partial charge is 0.343 e. The summed E-state index contributed by atoms with van der Waals surface area (Å²) >= 11 is 0. The molecule has 0 saturated carbocycles. The molecular weight excluding hydrogens is 318 g/mol. The topological polar surface area (TPSA) is 83.4 Å². The molecule has 4 rings (SSSR count). The van der Waals surface area contributed by atoms with Crippen LogP contribution in [0.4, 0.5) is 0 Å². The Balaban J connectivity index is 1.53. The zero-order valence-electron chi connectivity index (χ0n) is 13.8. The average Bonchev–Trinajstić information content (AvgIpc) is 3.23. The van der Waals surface area contributed by atoms with E-state index in [9.17, 15) is 9.59 Å². The molecule has 4 heterocycles. The summed E-state index contributed by atoms with van der Waals surface area (Å²) in [6, 6.07) is 7.19. The molecule has 0 aromatic carbocycles. The highest BCUT2D eigenvalue weighted by Crippen LogP contribution is 2.17. The molecule has 1 amide bonds. The van der Waals surface area contributed by atoms with Crippen LogP contribution in [0.25, 0.3) is 16.9 Å². The molecule has 0 atom stereocenters. The van der Waals surface area contributed by atoms with Crippen LogP contribution in [-0.2, 0) is 11.2 Å². The van der Waals surface area contributed by atoms with E-state index in [-0.39, 0.29) is 11.5 Å². The molecule has 1 aliphatic rings. The maximum atomic E-state index is 12.3. The van der Waals surface area contributed by atoms with Crippen molar-refractivity contribution in [2.75, 3.05) is 13.1 Å². The Labute approximate surface area is 144 Å². The van der Waals surface area contributed by atoms with Gasteiger partial charge in [-0.15, -0.1) is 0 Å². The van der Waals surface area contributed by atoms with E-state index in [0.717, 1.165) is 42.9 Å². The number of aromatic amines is 1. The number of amides is 1. The lowest BCUT2D eigenvalue weighted by Crippen LogP contribution is -2.26. The van der Waals surface area contributed by atoms with Crippen LogP contribution in [0.1, 0.15) is 25.0 Å². The van der Waals surface area contributed by atoms with E-state index in [0.29, 0.717) is 18.5 Å². The minimum Gasteiger partial charge on any atom is -0.343 e. The average molecular weight is 337 g/mol. The minimum absolute atomic E-state index is 0.132. The lowest BCUT2D eigenvalue weighted by atomic mass is 10.2. The Morgan fingerprint density at radius 2 is 2.16 bits per heavy atom. The summed E-state index contributed by atoms with van der Waals surface area (Å²) in [4.78, 5) is 34.5. The predicted octanol–water partition coefficient (Wildman–Crippen LogP) is 1.64. The fraction of sp³-hybridized carbons (Fsp3) is 0.333. The molecule has 7 nitrogen and oxygen atoms in total. The molecule has 0 aliphatic carbocycles. The second kappa shape index (κ2) is 6.51. The van der Waals surface area contributed by atoms with Crippen LogP contribution in [0.2, 0.25) is 0 Å². The molecule has 7 heteroatoms. The normalized spacial score (nSPS) is 14.6. The van der Waals surface area contributed by atoms with Crippen LogP contribution in [0.3, 0.4) is 0 Å². The Hall–Kier alpha value is -2.96. The van der Waals surface area contributed by atoms with E-state index >= 15 is 0 Å². The molecule has 1 N–H and O–H groups in total. The lowest BCUT2D eigenvalue weighted by Gasteiger charge is -2.14. The smallest absolute Gasteiger partial charge is 0.272 e. The highest BCUT2D eigenvalue weighted by Gasteiger charge is 2.19. The summed E-state index contributed by atoms with van der Waals surface area (Å²) in [5.74, 6) is 0.232. The second-order valence-corrected chi connectivity index (χ2v) is 6.28. The fourth-order valence-corrected chi connectivity index (χ4v) is 3.23. The third-order valence-electron chi connectivity index (χ3n) is 4.51. The Morgan fingerprint density at radius 3 is 2.92 bits per heavy atom. The summed E-state index contributed by atoms with van der Waals surface area (Å²) in [5.41, 5.74) is 2.93. The first-order chi connectivity index (χ1) is 12.2. The van der Waals surface area contributed by atoms with Crippen molar-refractivity contribution in [3.8, 4) is 11.3 Å². The Bertz CT molecular complexity index is 961. The first kappa shape index (κ1) is 15.6. The van der Waals surface area contributed by atoms with Crippen LogP contribution in [-0.4, -0.2) is 43.5 Å². The lowest BCUT2D eigenvalue weighted by molar-refractivity contribution is -0.127. The molecule has 0 bridgehead atoms. The van der Waals surface area contributed by atoms with E-state index in [4.69, 9.17) is 0 Å². The molecule has 0 spiro atoms. The van der Waals surface area contributed by atoms with Gasteiger partial charge in [-0.2, -0.15) is 0 Å². The van der Waals surface area contributed by atoms with E-state index in [1.54, 1.807) is 18.5 Å². The number of hydrogen-bond acceptors (Lipinski definition) is 4. The van der Waals surface area contributed by atoms with Gasteiger partial charge < -0.3 is 4.90 Å². The van der Waals surface area contributed by atoms with Gasteiger partial charge in [-0.1, -0.05) is 0 Å². The van der Waals surface area contributed by atoms with Crippen LogP contribution in [0.5, 0.6) is 0 Å². The number of carbonyl (C=O) groups is 1.